The number of carboxylic acids is 1. The Bertz CT molecular complexity index is 564. The number of carbonyl (C=O) groups is 1. The van der Waals surface area contributed by atoms with Crippen LogP contribution in [0.15, 0.2) is 21.6 Å². The first-order valence-electron chi connectivity index (χ1n) is 5.09. The molecule has 0 unspecified atom stereocenters. The van der Waals surface area contributed by atoms with Crippen molar-refractivity contribution in [3.05, 3.63) is 17.9 Å². The summed E-state index contributed by atoms with van der Waals surface area (Å²) in [6.07, 6.45) is -4.49. The number of sulfonamides is 1. The summed E-state index contributed by atoms with van der Waals surface area (Å²) in [4.78, 5) is 10.5. The van der Waals surface area contributed by atoms with E-state index in [0.29, 0.717) is 0 Å². The minimum absolute atomic E-state index is 0.415. The van der Waals surface area contributed by atoms with Crippen LogP contribution in [0.5, 0.6) is 0 Å². The van der Waals surface area contributed by atoms with Gasteiger partial charge in [0.15, 0.2) is 0 Å². The Morgan fingerprint density at radius 3 is 2.55 bits per heavy atom. The van der Waals surface area contributed by atoms with Crippen molar-refractivity contribution in [2.24, 2.45) is 0 Å². The van der Waals surface area contributed by atoms with Gasteiger partial charge in [0.1, 0.15) is 6.61 Å². The maximum absolute atomic E-state index is 11.7. The fraction of sp³-hybridized carbons (Fsp3) is 0.444. The summed E-state index contributed by atoms with van der Waals surface area (Å²) >= 11 is 0. The first-order valence-corrected chi connectivity index (χ1v) is 6.57. The summed E-state index contributed by atoms with van der Waals surface area (Å²) in [5, 5.41) is 7.90. The highest BCUT2D eigenvalue weighted by Gasteiger charge is 2.27. The standard InChI is InChI=1S/C9H10F3NO6S/c10-9(11,12)5-18-4-3-13-20(16,17)7-2-1-6(19-7)8(14)15/h1-2,13H,3-5H2,(H,14,15). The van der Waals surface area contributed by atoms with Crippen LogP contribution in [0.4, 0.5) is 13.2 Å². The summed E-state index contributed by atoms with van der Waals surface area (Å²) < 4.78 is 68.9. The van der Waals surface area contributed by atoms with Crippen LogP contribution in [0.3, 0.4) is 0 Å². The molecular formula is C9H10F3NO6S. The molecule has 7 nitrogen and oxygen atoms in total. The third-order valence-electron chi connectivity index (χ3n) is 1.86. The molecule has 0 saturated heterocycles. The number of ether oxygens (including phenoxy) is 1. The van der Waals surface area contributed by atoms with Gasteiger partial charge in [-0.3, -0.25) is 0 Å². The molecule has 2 N–H and O–H groups in total. The second-order valence-electron chi connectivity index (χ2n) is 3.49. The van der Waals surface area contributed by atoms with E-state index in [1.807, 2.05) is 4.72 Å². The van der Waals surface area contributed by atoms with Crippen molar-refractivity contribution in [1.29, 1.82) is 0 Å². The van der Waals surface area contributed by atoms with Gasteiger partial charge in [-0.05, 0) is 12.1 Å². The number of alkyl halides is 3. The highest BCUT2D eigenvalue weighted by atomic mass is 32.2. The third kappa shape index (κ3) is 5.19. The SMILES string of the molecule is O=C(O)c1ccc(S(=O)(=O)NCCOCC(F)(F)F)o1. The Balaban J connectivity index is 2.47. The van der Waals surface area contributed by atoms with Gasteiger partial charge >= 0.3 is 12.1 Å². The Hall–Kier alpha value is -1.59. The van der Waals surface area contributed by atoms with Crippen molar-refractivity contribution in [3.63, 3.8) is 0 Å². The van der Waals surface area contributed by atoms with Crippen LogP contribution in [0.1, 0.15) is 10.6 Å². The molecule has 0 aliphatic carbocycles. The highest BCUT2D eigenvalue weighted by Crippen LogP contribution is 2.15. The average Bonchev–Trinajstić information content (AvgIpc) is 2.76. The lowest BCUT2D eigenvalue weighted by molar-refractivity contribution is -0.173. The third-order valence-corrected chi connectivity index (χ3v) is 3.19. The number of aromatic carboxylic acids is 1. The van der Waals surface area contributed by atoms with Crippen LogP contribution < -0.4 is 4.72 Å². The number of hydrogen-bond acceptors (Lipinski definition) is 5. The molecule has 0 atom stereocenters. The van der Waals surface area contributed by atoms with Crippen LogP contribution in [0.25, 0.3) is 0 Å². The predicted octanol–water partition coefficient (Wildman–Crippen LogP) is 0.835. The fourth-order valence-corrected chi connectivity index (χ4v) is 2.03. The first kappa shape index (κ1) is 16.5. The molecule has 0 aromatic carbocycles. The van der Waals surface area contributed by atoms with Gasteiger partial charge in [0.25, 0.3) is 10.0 Å². The first-order chi connectivity index (χ1) is 9.12. The van der Waals surface area contributed by atoms with Crippen LogP contribution in [-0.4, -0.2) is 45.4 Å². The molecule has 0 aliphatic rings. The summed E-state index contributed by atoms with van der Waals surface area (Å²) in [5.74, 6) is -2.02. The zero-order valence-corrected chi connectivity index (χ0v) is 10.6. The monoisotopic (exact) mass is 317 g/mol. The number of carboxylic acid groups (broad SMARTS) is 1. The van der Waals surface area contributed by atoms with E-state index in [2.05, 4.69) is 9.15 Å². The molecular weight excluding hydrogens is 307 g/mol. The minimum atomic E-state index is -4.49. The van der Waals surface area contributed by atoms with Crippen molar-refractivity contribution in [1.82, 2.24) is 4.72 Å². The number of rotatable bonds is 7. The molecule has 0 radical (unpaired) electrons. The smallest absolute Gasteiger partial charge is 0.411 e. The second-order valence-corrected chi connectivity index (χ2v) is 5.19. The lowest BCUT2D eigenvalue weighted by Gasteiger charge is -2.08. The van der Waals surface area contributed by atoms with Crippen LogP contribution in [-0.2, 0) is 14.8 Å². The lowest BCUT2D eigenvalue weighted by Crippen LogP contribution is -2.28. The van der Waals surface area contributed by atoms with Crippen LogP contribution >= 0.6 is 0 Å². The van der Waals surface area contributed by atoms with E-state index in [9.17, 15) is 26.4 Å². The van der Waals surface area contributed by atoms with E-state index in [-0.39, 0.29) is 0 Å². The molecule has 0 spiro atoms. The van der Waals surface area contributed by atoms with Gasteiger partial charge in [-0.1, -0.05) is 0 Å². The second kappa shape index (κ2) is 6.24. The number of nitrogens with one attached hydrogen (secondary N) is 1. The Morgan fingerprint density at radius 1 is 1.40 bits per heavy atom. The fourth-order valence-electron chi connectivity index (χ4n) is 1.09. The van der Waals surface area contributed by atoms with E-state index in [0.717, 1.165) is 12.1 Å². The summed E-state index contributed by atoms with van der Waals surface area (Å²) in [6.45, 7) is -2.40. The average molecular weight is 317 g/mol. The van der Waals surface area contributed by atoms with Gasteiger partial charge in [0.2, 0.25) is 10.9 Å². The van der Waals surface area contributed by atoms with E-state index >= 15 is 0 Å². The van der Waals surface area contributed by atoms with Crippen molar-refractivity contribution in [3.8, 4) is 0 Å². The van der Waals surface area contributed by atoms with E-state index in [4.69, 9.17) is 5.11 Å². The molecule has 20 heavy (non-hydrogen) atoms. The summed E-state index contributed by atoms with van der Waals surface area (Å²) in [5.41, 5.74) is 0. The summed E-state index contributed by atoms with van der Waals surface area (Å²) in [6, 6.07) is 1.86. The minimum Gasteiger partial charge on any atom is -0.475 e. The number of halogens is 3. The van der Waals surface area contributed by atoms with Crippen molar-refractivity contribution >= 4 is 16.0 Å². The van der Waals surface area contributed by atoms with Crippen molar-refractivity contribution < 1.29 is 40.6 Å². The van der Waals surface area contributed by atoms with E-state index in [1.165, 1.54) is 0 Å². The molecule has 1 rings (SSSR count). The molecule has 1 aromatic rings. The van der Waals surface area contributed by atoms with Crippen LogP contribution in [0.2, 0.25) is 0 Å². The van der Waals surface area contributed by atoms with Gasteiger partial charge in [0, 0.05) is 6.54 Å². The van der Waals surface area contributed by atoms with Gasteiger partial charge < -0.3 is 14.3 Å². The quantitative estimate of drug-likeness (QED) is 0.722. The van der Waals surface area contributed by atoms with Crippen LogP contribution in [0, 0.1) is 0 Å². The van der Waals surface area contributed by atoms with E-state index in [1.54, 1.807) is 0 Å². The van der Waals surface area contributed by atoms with Gasteiger partial charge in [-0.25, -0.2) is 17.9 Å². The Morgan fingerprint density at radius 2 is 2.05 bits per heavy atom. The molecule has 0 saturated carbocycles. The van der Waals surface area contributed by atoms with Crippen molar-refractivity contribution in [2.75, 3.05) is 19.8 Å². The number of furan rings is 1. The Kier molecular flexibility index (Phi) is 5.14. The zero-order valence-electron chi connectivity index (χ0n) is 9.81. The maximum atomic E-state index is 11.7. The van der Waals surface area contributed by atoms with Crippen molar-refractivity contribution in [2.45, 2.75) is 11.3 Å². The maximum Gasteiger partial charge on any atom is 0.411 e. The lowest BCUT2D eigenvalue weighted by atomic mass is 10.5. The Labute approximate surface area is 111 Å². The zero-order chi connectivity index (χ0) is 15.4. The topological polar surface area (TPSA) is 106 Å². The highest BCUT2D eigenvalue weighted by molar-refractivity contribution is 7.89. The summed E-state index contributed by atoms with van der Waals surface area (Å²) in [7, 11) is -4.13. The van der Waals surface area contributed by atoms with Gasteiger partial charge in [0.05, 0.1) is 6.61 Å². The van der Waals surface area contributed by atoms with Gasteiger partial charge in [-0.15, -0.1) is 0 Å². The molecule has 0 fully saturated rings. The largest absolute Gasteiger partial charge is 0.475 e. The molecule has 1 heterocycles. The van der Waals surface area contributed by atoms with Gasteiger partial charge in [-0.2, -0.15) is 13.2 Å². The molecule has 0 aliphatic heterocycles. The predicted molar refractivity (Wildman–Crippen MR) is 57.7 cm³/mol. The molecule has 1 aromatic heterocycles. The normalized spacial score (nSPS) is 12.6. The molecule has 0 amide bonds. The number of hydrogen-bond donors (Lipinski definition) is 2. The molecule has 11 heteroatoms. The van der Waals surface area contributed by atoms with E-state index < -0.39 is 52.8 Å². The molecule has 114 valence electrons. The molecule has 0 bridgehead atoms.